The highest BCUT2D eigenvalue weighted by Gasteiger charge is 2.15. The number of nitrogens with one attached hydrogen (secondary N) is 2. The normalized spacial score (nSPS) is 10.2. The van der Waals surface area contributed by atoms with E-state index in [1.54, 1.807) is 48.5 Å². The number of rotatable bonds is 6. The van der Waals surface area contributed by atoms with Crippen molar-refractivity contribution in [1.29, 1.82) is 0 Å². The van der Waals surface area contributed by atoms with Crippen LogP contribution in [-0.2, 0) is 4.79 Å². The fourth-order valence-corrected chi connectivity index (χ4v) is 2.79. The van der Waals surface area contributed by atoms with Gasteiger partial charge in [0.15, 0.2) is 0 Å². The van der Waals surface area contributed by atoms with Gasteiger partial charge in [-0.3, -0.25) is 9.59 Å². The molecule has 28 heavy (non-hydrogen) atoms. The van der Waals surface area contributed by atoms with Crippen molar-refractivity contribution in [3.8, 4) is 11.6 Å². The molecule has 3 rings (SSSR count). The zero-order valence-electron chi connectivity index (χ0n) is 14.5. The molecule has 142 valence electrons. The number of benzene rings is 2. The molecule has 0 unspecified atom stereocenters. The third-order valence-electron chi connectivity index (χ3n) is 3.56. The Morgan fingerprint density at radius 3 is 2.61 bits per heavy atom. The molecule has 3 aromatic rings. The fourth-order valence-electron chi connectivity index (χ4n) is 2.28. The average Bonchev–Trinajstić information content (AvgIpc) is 2.68. The standard InChI is InChI=1S/C20H15BrClN3O3/c21-13-3-1-4-16(11-13)28-20-17(5-2-10-23-20)19(27)24-12-18(26)25-15-8-6-14(22)7-9-15/h1-11H,12H2,(H,24,27)(H,25,26). The van der Waals surface area contributed by atoms with Crippen LogP contribution in [0.2, 0.25) is 5.02 Å². The molecular formula is C20H15BrClN3O3. The molecule has 8 heteroatoms. The van der Waals surface area contributed by atoms with E-state index in [4.69, 9.17) is 16.3 Å². The summed E-state index contributed by atoms with van der Waals surface area (Å²) in [5.74, 6) is -0.155. The minimum absolute atomic E-state index is 0.149. The molecule has 0 saturated heterocycles. The second-order valence-corrected chi connectivity index (χ2v) is 7.01. The van der Waals surface area contributed by atoms with Crippen LogP contribution in [0.5, 0.6) is 11.6 Å². The predicted octanol–water partition coefficient (Wildman–Crippen LogP) is 4.66. The molecule has 2 amide bonds. The minimum Gasteiger partial charge on any atom is -0.438 e. The first kappa shape index (κ1) is 19.9. The Hall–Kier alpha value is -2.90. The highest BCUT2D eigenvalue weighted by atomic mass is 79.9. The zero-order chi connectivity index (χ0) is 19.9. The van der Waals surface area contributed by atoms with Crippen molar-refractivity contribution in [3.63, 3.8) is 0 Å². The second-order valence-electron chi connectivity index (χ2n) is 5.65. The zero-order valence-corrected chi connectivity index (χ0v) is 16.8. The second kappa shape index (κ2) is 9.34. The summed E-state index contributed by atoms with van der Waals surface area (Å²) in [6.45, 7) is -0.202. The number of ether oxygens (including phenoxy) is 1. The van der Waals surface area contributed by atoms with Crippen molar-refractivity contribution in [2.45, 2.75) is 0 Å². The van der Waals surface area contributed by atoms with Crippen molar-refractivity contribution < 1.29 is 14.3 Å². The lowest BCUT2D eigenvalue weighted by Crippen LogP contribution is -2.33. The summed E-state index contributed by atoms with van der Waals surface area (Å²) >= 11 is 9.17. The Balaban J connectivity index is 1.62. The van der Waals surface area contributed by atoms with Crippen LogP contribution in [0.4, 0.5) is 5.69 Å². The van der Waals surface area contributed by atoms with Crippen molar-refractivity contribution in [2.24, 2.45) is 0 Å². The quantitative estimate of drug-likeness (QED) is 0.561. The van der Waals surface area contributed by atoms with Crippen LogP contribution < -0.4 is 15.4 Å². The Morgan fingerprint density at radius 2 is 1.86 bits per heavy atom. The van der Waals surface area contributed by atoms with Gasteiger partial charge in [-0.15, -0.1) is 0 Å². The maximum Gasteiger partial charge on any atom is 0.257 e. The molecule has 0 saturated carbocycles. The fraction of sp³-hybridized carbons (Fsp3) is 0.0500. The van der Waals surface area contributed by atoms with Gasteiger partial charge in [-0.25, -0.2) is 4.98 Å². The Bertz CT molecular complexity index is 996. The van der Waals surface area contributed by atoms with Gasteiger partial charge in [0.25, 0.3) is 5.91 Å². The van der Waals surface area contributed by atoms with Gasteiger partial charge in [-0.1, -0.05) is 33.6 Å². The molecule has 0 bridgehead atoms. The van der Waals surface area contributed by atoms with E-state index in [0.29, 0.717) is 16.5 Å². The van der Waals surface area contributed by atoms with Crippen LogP contribution in [0.15, 0.2) is 71.3 Å². The monoisotopic (exact) mass is 459 g/mol. The largest absolute Gasteiger partial charge is 0.438 e. The number of halogens is 2. The Labute approximate surface area is 175 Å². The molecule has 6 nitrogen and oxygen atoms in total. The van der Waals surface area contributed by atoms with Crippen LogP contribution in [0, 0.1) is 0 Å². The van der Waals surface area contributed by atoms with Crippen LogP contribution >= 0.6 is 27.5 Å². The van der Waals surface area contributed by atoms with Crippen LogP contribution in [0.1, 0.15) is 10.4 Å². The van der Waals surface area contributed by atoms with Crippen molar-refractivity contribution in [1.82, 2.24) is 10.3 Å². The number of carbonyl (C=O) groups is 2. The van der Waals surface area contributed by atoms with Gasteiger partial charge in [0.2, 0.25) is 11.8 Å². The van der Waals surface area contributed by atoms with Gasteiger partial charge < -0.3 is 15.4 Å². The molecule has 0 spiro atoms. The molecule has 0 fully saturated rings. The average molecular weight is 461 g/mol. The lowest BCUT2D eigenvalue weighted by Gasteiger charge is -2.11. The third-order valence-corrected chi connectivity index (χ3v) is 4.31. The first-order valence-corrected chi connectivity index (χ1v) is 9.40. The van der Waals surface area contributed by atoms with E-state index in [-0.39, 0.29) is 23.9 Å². The minimum atomic E-state index is -0.468. The molecule has 0 atom stereocenters. The number of hydrogen-bond donors (Lipinski definition) is 2. The summed E-state index contributed by atoms with van der Waals surface area (Å²) in [7, 11) is 0. The highest BCUT2D eigenvalue weighted by molar-refractivity contribution is 9.10. The van der Waals surface area contributed by atoms with Crippen LogP contribution in [0.25, 0.3) is 0 Å². The first-order chi connectivity index (χ1) is 13.5. The summed E-state index contributed by atoms with van der Waals surface area (Å²) in [5.41, 5.74) is 0.811. The lowest BCUT2D eigenvalue weighted by molar-refractivity contribution is -0.115. The maximum absolute atomic E-state index is 12.5. The number of carbonyl (C=O) groups excluding carboxylic acids is 2. The summed E-state index contributed by atoms with van der Waals surface area (Å²) < 4.78 is 6.55. The topological polar surface area (TPSA) is 80.3 Å². The molecule has 0 radical (unpaired) electrons. The maximum atomic E-state index is 12.5. The van der Waals surface area contributed by atoms with E-state index >= 15 is 0 Å². The van der Waals surface area contributed by atoms with E-state index in [9.17, 15) is 9.59 Å². The molecule has 2 aromatic carbocycles. The Morgan fingerprint density at radius 1 is 1.07 bits per heavy atom. The van der Waals surface area contributed by atoms with Crippen LogP contribution in [0.3, 0.4) is 0 Å². The highest BCUT2D eigenvalue weighted by Crippen LogP contribution is 2.25. The molecule has 1 heterocycles. The third kappa shape index (κ3) is 5.55. The molecule has 2 N–H and O–H groups in total. The van der Waals surface area contributed by atoms with Crippen molar-refractivity contribution >= 4 is 45.0 Å². The number of hydrogen-bond acceptors (Lipinski definition) is 4. The number of aromatic nitrogens is 1. The van der Waals surface area contributed by atoms with Crippen molar-refractivity contribution in [2.75, 3.05) is 11.9 Å². The summed E-state index contributed by atoms with van der Waals surface area (Å²) in [6.07, 6.45) is 1.53. The van der Waals surface area contributed by atoms with Crippen LogP contribution in [-0.4, -0.2) is 23.3 Å². The van der Waals surface area contributed by atoms with Gasteiger partial charge in [-0.05, 0) is 54.6 Å². The Kier molecular flexibility index (Phi) is 6.62. The van der Waals surface area contributed by atoms with Gasteiger partial charge in [0, 0.05) is 21.4 Å². The number of amides is 2. The smallest absolute Gasteiger partial charge is 0.257 e. The van der Waals surface area contributed by atoms with E-state index < -0.39 is 5.91 Å². The van der Waals surface area contributed by atoms with E-state index in [2.05, 4.69) is 31.5 Å². The number of pyridine rings is 1. The molecule has 1 aromatic heterocycles. The summed E-state index contributed by atoms with van der Waals surface area (Å²) in [5, 5.41) is 5.80. The van der Waals surface area contributed by atoms with Gasteiger partial charge in [0.1, 0.15) is 11.3 Å². The lowest BCUT2D eigenvalue weighted by atomic mass is 10.2. The van der Waals surface area contributed by atoms with E-state index in [1.165, 1.54) is 6.20 Å². The predicted molar refractivity (Wildman–Crippen MR) is 111 cm³/mol. The van der Waals surface area contributed by atoms with Gasteiger partial charge >= 0.3 is 0 Å². The van der Waals surface area contributed by atoms with E-state index in [0.717, 1.165) is 4.47 Å². The van der Waals surface area contributed by atoms with Gasteiger partial charge in [0.05, 0.1) is 6.54 Å². The molecule has 0 aliphatic rings. The molecular weight excluding hydrogens is 446 g/mol. The summed E-state index contributed by atoms with van der Waals surface area (Å²) in [4.78, 5) is 28.6. The number of anilines is 1. The first-order valence-electron chi connectivity index (χ1n) is 8.23. The SMILES string of the molecule is O=C(CNC(=O)c1cccnc1Oc1cccc(Br)c1)Nc1ccc(Cl)cc1. The number of nitrogens with zero attached hydrogens (tertiary/aromatic N) is 1. The van der Waals surface area contributed by atoms with E-state index in [1.807, 2.05) is 12.1 Å². The molecule has 0 aliphatic heterocycles. The van der Waals surface area contributed by atoms with Crippen molar-refractivity contribution in [3.05, 3.63) is 81.9 Å². The van der Waals surface area contributed by atoms with Gasteiger partial charge in [-0.2, -0.15) is 0 Å². The summed E-state index contributed by atoms with van der Waals surface area (Å²) in [6, 6.07) is 17.1. The molecule has 0 aliphatic carbocycles.